The molecule has 0 aliphatic carbocycles. The van der Waals surface area contributed by atoms with Crippen molar-refractivity contribution < 1.29 is 28.2 Å². The normalized spacial score (nSPS) is 10.6. The number of carbonyl (C=O) groups excluding carboxylic acids is 2. The van der Waals surface area contributed by atoms with Gasteiger partial charge in [-0.2, -0.15) is 0 Å². The van der Waals surface area contributed by atoms with Crippen LogP contribution in [0, 0.1) is 5.82 Å². The van der Waals surface area contributed by atoms with E-state index in [9.17, 15) is 14.0 Å². The largest absolute Gasteiger partial charge is 0.497 e. The Kier molecular flexibility index (Phi) is 6.60. The monoisotopic (exact) mass is 406 g/mol. The van der Waals surface area contributed by atoms with Crippen molar-refractivity contribution >= 4 is 17.8 Å². The molecule has 0 atom stereocenters. The van der Waals surface area contributed by atoms with Crippen molar-refractivity contribution in [3.63, 3.8) is 0 Å². The average Bonchev–Trinajstić information content (AvgIpc) is 2.78. The molecule has 0 radical (unpaired) electrons. The molecule has 3 rings (SSSR count). The second kappa shape index (κ2) is 9.52. The Bertz CT molecular complexity index is 1100. The number of carbonyl (C=O) groups is 2. The fourth-order valence-electron chi connectivity index (χ4n) is 2.75. The molecule has 0 saturated heterocycles. The molecule has 0 spiro atoms. The van der Waals surface area contributed by atoms with E-state index in [4.69, 9.17) is 14.2 Å². The molecule has 0 N–H and O–H groups in total. The van der Waals surface area contributed by atoms with Crippen LogP contribution >= 0.6 is 0 Å². The number of hydrogen-bond acceptors (Lipinski definition) is 5. The molecular weight excluding hydrogens is 387 g/mol. The lowest BCUT2D eigenvalue weighted by atomic mass is 10.1. The number of benzene rings is 3. The maximum atomic E-state index is 13.8. The van der Waals surface area contributed by atoms with Crippen LogP contribution in [0.2, 0.25) is 0 Å². The number of ketones is 1. The Morgan fingerprint density at radius 2 is 1.57 bits per heavy atom. The molecule has 0 amide bonds. The van der Waals surface area contributed by atoms with Gasteiger partial charge >= 0.3 is 5.97 Å². The van der Waals surface area contributed by atoms with Crippen LogP contribution in [0.4, 0.5) is 4.39 Å². The van der Waals surface area contributed by atoms with Gasteiger partial charge in [0.25, 0.3) is 0 Å². The topological polar surface area (TPSA) is 61.8 Å². The van der Waals surface area contributed by atoms with E-state index in [1.165, 1.54) is 44.6 Å². The fraction of sp³-hybridized carbons (Fsp3) is 0.0833. The van der Waals surface area contributed by atoms with Crippen LogP contribution < -0.4 is 14.2 Å². The molecule has 5 nitrogen and oxygen atoms in total. The third-order valence-electron chi connectivity index (χ3n) is 4.30. The van der Waals surface area contributed by atoms with Crippen LogP contribution in [0.15, 0.2) is 72.8 Å². The molecule has 152 valence electrons. The Hall–Kier alpha value is -3.93. The minimum absolute atomic E-state index is 0.173. The van der Waals surface area contributed by atoms with Gasteiger partial charge in [-0.05, 0) is 48.6 Å². The maximum Gasteiger partial charge on any atom is 0.346 e. The van der Waals surface area contributed by atoms with Crippen LogP contribution in [0.3, 0.4) is 0 Å². The summed E-state index contributed by atoms with van der Waals surface area (Å²) in [6.45, 7) is 0. The van der Waals surface area contributed by atoms with E-state index in [2.05, 4.69) is 0 Å². The number of methoxy groups -OCH3 is 2. The van der Waals surface area contributed by atoms with Gasteiger partial charge in [0.1, 0.15) is 23.1 Å². The first-order chi connectivity index (χ1) is 14.5. The van der Waals surface area contributed by atoms with E-state index in [0.29, 0.717) is 22.6 Å². The van der Waals surface area contributed by atoms with Gasteiger partial charge < -0.3 is 14.2 Å². The van der Waals surface area contributed by atoms with Crippen molar-refractivity contribution in [2.45, 2.75) is 0 Å². The number of ether oxygens (including phenoxy) is 3. The fourth-order valence-corrected chi connectivity index (χ4v) is 2.75. The second-order valence-electron chi connectivity index (χ2n) is 6.17. The molecule has 0 unspecified atom stereocenters. The highest BCUT2D eigenvalue weighted by molar-refractivity contribution is 6.09. The number of esters is 1. The minimum atomic E-state index is -0.824. The zero-order valence-corrected chi connectivity index (χ0v) is 16.4. The molecule has 3 aromatic carbocycles. The van der Waals surface area contributed by atoms with Crippen molar-refractivity contribution in [3.8, 4) is 17.2 Å². The van der Waals surface area contributed by atoms with Gasteiger partial charge in [-0.3, -0.25) is 4.79 Å². The summed E-state index contributed by atoms with van der Waals surface area (Å²) >= 11 is 0. The van der Waals surface area contributed by atoms with Crippen LogP contribution in [-0.4, -0.2) is 26.0 Å². The maximum absolute atomic E-state index is 13.8. The summed E-state index contributed by atoms with van der Waals surface area (Å²) in [6, 6.07) is 17.1. The molecule has 6 heteroatoms. The van der Waals surface area contributed by atoms with Gasteiger partial charge in [-0.15, -0.1) is 0 Å². The molecule has 0 heterocycles. The quantitative estimate of drug-likeness (QED) is 0.240. The van der Waals surface area contributed by atoms with E-state index in [1.807, 2.05) is 0 Å². The Morgan fingerprint density at radius 1 is 0.833 bits per heavy atom. The predicted octanol–water partition coefficient (Wildman–Crippen LogP) is 4.96. The van der Waals surface area contributed by atoms with E-state index >= 15 is 0 Å². The molecule has 0 bridgehead atoms. The molecule has 0 aliphatic heterocycles. The molecule has 0 fully saturated rings. The van der Waals surface area contributed by atoms with Gasteiger partial charge in [-0.25, -0.2) is 9.18 Å². The number of hydrogen-bond donors (Lipinski definition) is 0. The van der Waals surface area contributed by atoms with Crippen molar-refractivity contribution in [2.75, 3.05) is 14.2 Å². The lowest BCUT2D eigenvalue weighted by molar-refractivity contribution is 0.0729. The molecular formula is C24H19FO5. The van der Waals surface area contributed by atoms with Crippen LogP contribution in [0.5, 0.6) is 17.2 Å². The first-order valence-corrected chi connectivity index (χ1v) is 9.03. The van der Waals surface area contributed by atoms with Gasteiger partial charge in [0.05, 0.1) is 25.3 Å². The Labute approximate surface area is 173 Å². The highest BCUT2D eigenvalue weighted by Gasteiger charge is 2.15. The summed E-state index contributed by atoms with van der Waals surface area (Å²) in [7, 11) is 2.98. The van der Waals surface area contributed by atoms with E-state index in [1.54, 1.807) is 48.5 Å². The Morgan fingerprint density at radius 3 is 2.30 bits per heavy atom. The van der Waals surface area contributed by atoms with E-state index in [0.717, 1.165) is 0 Å². The zero-order valence-electron chi connectivity index (χ0n) is 16.4. The van der Waals surface area contributed by atoms with Crippen LogP contribution in [-0.2, 0) is 0 Å². The van der Waals surface area contributed by atoms with Gasteiger partial charge in [-0.1, -0.05) is 30.3 Å². The van der Waals surface area contributed by atoms with Crippen molar-refractivity contribution in [2.24, 2.45) is 0 Å². The first kappa shape index (κ1) is 20.8. The summed E-state index contributed by atoms with van der Waals surface area (Å²) < 4.78 is 29.6. The SMILES string of the molecule is COc1ccc(OC)c(C(=O)/C=C/c2ccccc2OC(=O)c2ccccc2F)c1. The number of halogens is 1. The molecule has 3 aromatic rings. The number of rotatable bonds is 7. The van der Waals surface area contributed by atoms with Crippen molar-refractivity contribution in [1.29, 1.82) is 0 Å². The van der Waals surface area contributed by atoms with Crippen LogP contribution in [0.25, 0.3) is 6.08 Å². The van der Waals surface area contributed by atoms with Gasteiger partial charge in [0.2, 0.25) is 0 Å². The average molecular weight is 406 g/mol. The molecule has 0 aromatic heterocycles. The van der Waals surface area contributed by atoms with E-state index < -0.39 is 11.8 Å². The first-order valence-electron chi connectivity index (χ1n) is 9.03. The van der Waals surface area contributed by atoms with Crippen molar-refractivity contribution in [1.82, 2.24) is 0 Å². The van der Waals surface area contributed by atoms with E-state index in [-0.39, 0.29) is 17.1 Å². The number of para-hydroxylation sites is 1. The Balaban J connectivity index is 1.84. The zero-order chi connectivity index (χ0) is 21.5. The minimum Gasteiger partial charge on any atom is -0.497 e. The summed E-state index contributed by atoms with van der Waals surface area (Å²) in [5, 5.41) is 0. The second-order valence-corrected chi connectivity index (χ2v) is 6.17. The smallest absolute Gasteiger partial charge is 0.346 e. The third kappa shape index (κ3) is 4.72. The predicted molar refractivity (Wildman–Crippen MR) is 111 cm³/mol. The summed E-state index contributed by atoms with van der Waals surface area (Å²) in [6.07, 6.45) is 2.86. The van der Waals surface area contributed by atoms with Crippen LogP contribution in [0.1, 0.15) is 26.3 Å². The summed E-state index contributed by atoms with van der Waals surface area (Å²) in [4.78, 5) is 25.0. The highest BCUT2D eigenvalue weighted by atomic mass is 19.1. The number of allylic oxidation sites excluding steroid dienone is 1. The van der Waals surface area contributed by atoms with Gasteiger partial charge in [0, 0.05) is 5.56 Å². The molecule has 30 heavy (non-hydrogen) atoms. The lowest BCUT2D eigenvalue weighted by Gasteiger charge is -2.09. The van der Waals surface area contributed by atoms with Crippen molar-refractivity contribution in [3.05, 3.63) is 95.3 Å². The highest BCUT2D eigenvalue weighted by Crippen LogP contribution is 2.26. The standard InChI is InChI=1S/C24H19FO5/c1-28-17-12-14-23(29-2)19(15-17)21(26)13-11-16-7-3-6-10-22(16)30-24(27)18-8-4-5-9-20(18)25/h3-15H,1-2H3/b13-11+. The molecule has 0 saturated carbocycles. The molecule has 0 aliphatic rings. The summed E-state index contributed by atoms with van der Waals surface area (Å²) in [5.74, 6) is -0.685. The summed E-state index contributed by atoms with van der Waals surface area (Å²) in [5.41, 5.74) is 0.639. The third-order valence-corrected chi connectivity index (χ3v) is 4.30. The lowest BCUT2D eigenvalue weighted by Crippen LogP contribution is -2.11. The van der Waals surface area contributed by atoms with Gasteiger partial charge in [0.15, 0.2) is 5.78 Å².